The van der Waals surface area contributed by atoms with Crippen LogP contribution in [0, 0.1) is 0 Å². The zero-order valence-electron chi connectivity index (χ0n) is 6.42. The summed E-state index contributed by atoms with van der Waals surface area (Å²) in [5.41, 5.74) is 1.20. The van der Waals surface area contributed by atoms with E-state index in [-0.39, 0.29) is 0 Å². The molecule has 2 heteroatoms. The van der Waals surface area contributed by atoms with Crippen molar-refractivity contribution in [2.75, 3.05) is 0 Å². The molecule has 0 aliphatic carbocycles. The van der Waals surface area contributed by atoms with Gasteiger partial charge in [0, 0.05) is 18.2 Å². The Morgan fingerprint density at radius 3 is 2.90 bits per heavy atom. The van der Waals surface area contributed by atoms with Crippen molar-refractivity contribution in [3.05, 3.63) is 24.2 Å². The van der Waals surface area contributed by atoms with Crippen molar-refractivity contribution in [3.63, 3.8) is 0 Å². The normalized spacial score (nSPS) is 10.7. The van der Waals surface area contributed by atoms with Gasteiger partial charge >= 0.3 is 0 Å². The SMILES string of the molecule is CC(C)NCc1ccoc1. The lowest BCUT2D eigenvalue weighted by atomic mass is 10.3. The maximum Gasteiger partial charge on any atom is 0.0947 e. The third-order valence-corrected chi connectivity index (χ3v) is 1.29. The van der Waals surface area contributed by atoms with Gasteiger partial charge in [0.25, 0.3) is 0 Å². The highest BCUT2D eigenvalue weighted by molar-refractivity contribution is 5.04. The lowest BCUT2D eigenvalue weighted by Crippen LogP contribution is -2.21. The molecule has 1 rings (SSSR count). The first-order valence-electron chi connectivity index (χ1n) is 3.53. The standard InChI is InChI=1S/C8H13NO/c1-7(2)9-5-8-3-4-10-6-8/h3-4,6-7,9H,5H2,1-2H3. The molecule has 0 bridgehead atoms. The molecule has 0 aliphatic rings. The molecule has 0 saturated carbocycles. The van der Waals surface area contributed by atoms with Crippen LogP contribution in [0.15, 0.2) is 23.0 Å². The summed E-state index contributed by atoms with van der Waals surface area (Å²) in [4.78, 5) is 0. The third-order valence-electron chi connectivity index (χ3n) is 1.29. The summed E-state index contributed by atoms with van der Waals surface area (Å²) in [5.74, 6) is 0. The quantitative estimate of drug-likeness (QED) is 0.690. The number of hydrogen-bond donors (Lipinski definition) is 1. The van der Waals surface area contributed by atoms with Gasteiger partial charge in [-0.05, 0) is 6.07 Å². The molecule has 0 aliphatic heterocycles. The van der Waals surface area contributed by atoms with Crippen molar-refractivity contribution in [1.29, 1.82) is 0 Å². The van der Waals surface area contributed by atoms with E-state index in [0.717, 1.165) is 6.54 Å². The van der Waals surface area contributed by atoms with E-state index in [0.29, 0.717) is 6.04 Å². The van der Waals surface area contributed by atoms with Gasteiger partial charge in [-0.3, -0.25) is 0 Å². The van der Waals surface area contributed by atoms with Gasteiger partial charge in [-0.2, -0.15) is 0 Å². The molecular formula is C8H13NO. The Kier molecular flexibility index (Phi) is 2.51. The summed E-state index contributed by atoms with van der Waals surface area (Å²) in [7, 11) is 0. The van der Waals surface area contributed by atoms with Gasteiger partial charge in [-0.15, -0.1) is 0 Å². The predicted octanol–water partition coefficient (Wildman–Crippen LogP) is 1.78. The van der Waals surface area contributed by atoms with Gasteiger partial charge in [0.1, 0.15) is 0 Å². The molecule has 1 aromatic heterocycles. The molecule has 1 N–H and O–H groups in total. The highest BCUT2D eigenvalue weighted by Crippen LogP contribution is 1.98. The van der Waals surface area contributed by atoms with Crippen LogP contribution in [0.2, 0.25) is 0 Å². The van der Waals surface area contributed by atoms with Crippen LogP contribution in [0.5, 0.6) is 0 Å². The van der Waals surface area contributed by atoms with E-state index < -0.39 is 0 Å². The molecule has 1 heterocycles. The van der Waals surface area contributed by atoms with Gasteiger partial charge in [-0.1, -0.05) is 13.8 Å². The van der Waals surface area contributed by atoms with Crippen LogP contribution in [-0.2, 0) is 6.54 Å². The fraction of sp³-hybridized carbons (Fsp3) is 0.500. The molecule has 1 aromatic rings. The van der Waals surface area contributed by atoms with Crippen LogP contribution in [-0.4, -0.2) is 6.04 Å². The average Bonchev–Trinajstić information content (AvgIpc) is 2.34. The first-order chi connectivity index (χ1) is 4.79. The van der Waals surface area contributed by atoms with E-state index in [9.17, 15) is 0 Å². The Morgan fingerprint density at radius 1 is 1.60 bits per heavy atom. The maximum absolute atomic E-state index is 4.91. The van der Waals surface area contributed by atoms with Gasteiger partial charge in [0.15, 0.2) is 0 Å². The maximum atomic E-state index is 4.91. The molecule has 0 spiro atoms. The van der Waals surface area contributed by atoms with E-state index in [2.05, 4.69) is 19.2 Å². The molecule has 0 fully saturated rings. The largest absolute Gasteiger partial charge is 0.472 e. The van der Waals surface area contributed by atoms with Crippen molar-refractivity contribution in [2.24, 2.45) is 0 Å². The predicted molar refractivity (Wildman–Crippen MR) is 40.7 cm³/mol. The highest BCUT2D eigenvalue weighted by Gasteiger charge is 1.94. The van der Waals surface area contributed by atoms with Gasteiger partial charge in [0.2, 0.25) is 0 Å². The smallest absolute Gasteiger partial charge is 0.0947 e. The summed E-state index contributed by atoms with van der Waals surface area (Å²) in [5, 5.41) is 3.29. The highest BCUT2D eigenvalue weighted by atomic mass is 16.3. The van der Waals surface area contributed by atoms with Gasteiger partial charge in [-0.25, -0.2) is 0 Å². The molecule has 0 unspecified atom stereocenters. The van der Waals surface area contributed by atoms with Crippen LogP contribution in [0.4, 0.5) is 0 Å². The Labute approximate surface area is 61.2 Å². The second-order valence-electron chi connectivity index (χ2n) is 2.67. The van der Waals surface area contributed by atoms with Crippen molar-refractivity contribution in [2.45, 2.75) is 26.4 Å². The minimum atomic E-state index is 0.537. The Hall–Kier alpha value is -0.760. The Bertz CT molecular complexity index is 167. The van der Waals surface area contributed by atoms with E-state index in [1.54, 1.807) is 12.5 Å². The number of nitrogens with one attached hydrogen (secondary N) is 1. The molecule has 0 saturated heterocycles. The molecule has 0 atom stereocenters. The lowest BCUT2D eigenvalue weighted by Gasteiger charge is -2.04. The van der Waals surface area contributed by atoms with Crippen molar-refractivity contribution in [3.8, 4) is 0 Å². The molecule has 0 radical (unpaired) electrons. The van der Waals surface area contributed by atoms with Gasteiger partial charge < -0.3 is 9.73 Å². The van der Waals surface area contributed by atoms with Gasteiger partial charge in [0.05, 0.1) is 12.5 Å². The first kappa shape index (κ1) is 7.35. The zero-order chi connectivity index (χ0) is 7.40. The molecular weight excluding hydrogens is 126 g/mol. The first-order valence-corrected chi connectivity index (χ1v) is 3.53. The average molecular weight is 139 g/mol. The summed E-state index contributed by atoms with van der Waals surface area (Å²) < 4.78 is 4.91. The summed E-state index contributed by atoms with van der Waals surface area (Å²) in [6.45, 7) is 5.15. The Morgan fingerprint density at radius 2 is 2.40 bits per heavy atom. The van der Waals surface area contributed by atoms with E-state index in [1.165, 1.54) is 5.56 Å². The third kappa shape index (κ3) is 2.23. The van der Waals surface area contributed by atoms with E-state index >= 15 is 0 Å². The number of hydrogen-bond acceptors (Lipinski definition) is 2. The minimum Gasteiger partial charge on any atom is -0.472 e. The van der Waals surface area contributed by atoms with Crippen LogP contribution < -0.4 is 5.32 Å². The van der Waals surface area contributed by atoms with Crippen LogP contribution in [0.1, 0.15) is 19.4 Å². The fourth-order valence-electron chi connectivity index (χ4n) is 0.715. The van der Waals surface area contributed by atoms with Crippen molar-refractivity contribution < 1.29 is 4.42 Å². The molecule has 0 amide bonds. The number of rotatable bonds is 3. The summed E-state index contributed by atoms with van der Waals surface area (Å²) in [6.07, 6.45) is 3.45. The van der Waals surface area contributed by atoms with Crippen LogP contribution in [0.3, 0.4) is 0 Å². The Balaban J connectivity index is 2.28. The monoisotopic (exact) mass is 139 g/mol. The number of furan rings is 1. The minimum absolute atomic E-state index is 0.537. The van der Waals surface area contributed by atoms with Crippen molar-refractivity contribution >= 4 is 0 Å². The molecule has 56 valence electrons. The zero-order valence-corrected chi connectivity index (χ0v) is 6.42. The van der Waals surface area contributed by atoms with Crippen LogP contribution in [0.25, 0.3) is 0 Å². The second kappa shape index (κ2) is 3.42. The van der Waals surface area contributed by atoms with Crippen molar-refractivity contribution in [1.82, 2.24) is 5.32 Å². The van der Waals surface area contributed by atoms with E-state index in [4.69, 9.17) is 4.42 Å². The molecule has 10 heavy (non-hydrogen) atoms. The van der Waals surface area contributed by atoms with E-state index in [1.807, 2.05) is 6.07 Å². The molecule has 0 aromatic carbocycles. The summed E-state index contributed by atoms with van der Waals surface area (Å²) >= 11 is 0. The lowest BCUT2D eigenvalue weighted by molar-refractivity contribution is 0.551. The summed E-state index contributed by atoms with van der Waals surface area (Å²) in [6, 6.07) is 2.50. The fourth-order valence-corrected chi connectivity index (χ4v) is 0.715. The second-order valence-corrected chi connectivity index (χ2v) is 2.67. The topological polar surface area (TPSA) is 25.2 Å². The molecule has 2 nitrogen and oxygen atoms in total. The van der Waals surface area contributed by atoms with Crippen LogP contribution >= 0.6 is 0 Å².